The predicted molar refractivity (Wildman–Crippen MR) is 85.2 cm³/mol. The Morgan fingerprint density at radius 3 is 2.62 bits per heavy atom. The fraction of sp³-hybridized carbons (Fsp3) is 0.375. The number of carbonyl (C=O) groups excluding carboxylic acids is 2. The van der Waals surface area contributed by atoms with Crippen LogP contribution in [-0.4, -0.2) is 33.5 Å². The third-order valence-electron chi connectivity index (χ3n) is 3.51. The van der Waals surface area contributed by atoms with Crippen LogP contribution in [0.15, 0.2) is 29.5 Å². The van der Waals surface area contributed by atoms with Crippen LogP contribution in [0, 0.1) is 13.8 Å². The second-order valence-electron chi connectivity index (χ2n) is 5.37. The van der Waals surface area contributed by atoms with E-state index in [1.54, 1.807) is 20.0 Å². The number of hydrogen-bond acceptors (Lipinski definition) is 5. The Labute approximate surface area is 139 Å². The highest BCUT2D eigenvalue weighted by Crippen LogP contribution is 2.11. The standard InChI is InChI=1S/C16H20N4O4/c1-10-6-7-13(11(2)8-10)14(21)18-15-19(4)17-9-20(15)12(3)24-16(22)23-5/h6-9,12H,1-5H3. The quantitative estimate of drug-likeness (QED) is 0.801. The van der Waals surface area contributed by atoms with Gasteiger partial charge in [0.05, 0.1) is 7.11 Å². The molecule has 0 aliphatic rings. The van der Waals surface area contributed by atoms with Crippen molar-refractivity contribution in [2.75, 3.05) is 7.11 Å². The Kier molecular flexibility index (Phi) is 5.18. The third-order valence-corrected chi connectivity index (χ3v) is 3.51. The summed E-state index contributed by atoms with van der Waals surface area (Å²) in [6.07, 6.45) is -0.121. The van der Waals surface area contributed by atoms with Crippen molar-refractivity contribution in [3.8, 4) is 0 Å². The summed E-state index contributed by atoms with van der Waals surface area (Å²) in [5, 5.41) is 4.06. The Balaban J connectivity index is 2.41. The molecule has 8 nitrogen and oxygen atoms in total. The number of nitrogens with zero attached hydrogens (tertiary/aromatic N) is 4. The second kappa shape index (κ2) is 7.12. The number of carbonyl (C=O) groups is 2. The number of methoxy groups -OCH3 is 1. The molecule has 8 heteroatoms. The summed E-state index contributed by atoms with van der Waals surface area (Å²) in [5.74, 6) is -0.393. The van der Waals surface area contributed by atoms with E-state index < -0.39 is 18.3 Å². The molecule has 0 aliphatic carbocycles. The number of hydrogen-bond donors (Lipinski definition) is 0. The van der Waals surface area contributed by atoms with E-state index in [9.17, 15) is 9.59 Å². The molecule has 0 saturated carbocycles. The molecule has 1 atom stereocenters. The molecule has 2 rings (SSSR count). The van der Waals surface area contributed by atoms with E-state index >= 15 is 0 Å². The number of aromatic nitrogens is 3. The Morgan fingerprint density at radius 2 is 2.00 bits per heavy atom. The van der Waals surface area contributed by atoms with E-state index in [-0.39, 0.29) is 5.62 Å². The van der Waals surface area contributed by atoms with Crippen LogP contribution >= 0.6 is 0 Å². The largest absolute Gasteiger partial charge is 0.509 e. The number of aryl methyl sites for hydroxylation is 3. The maximum atomic E-state index is 12.5. The topological polar surface area (TPSA) is 87.7 Å². The van der Waals surface area contributed by atoms with Crippen molar-refractivity contribution in [1.82, 2.24) is 14.3 Å². The van der Waals surface area contributed by atoms with Crippen LogP contribution in [0.3, 0.4) is 0 Å². The van der Waals surface area contributed by atoms with E-state index in [2.05, 4.69) is 14.8 Å². The van der Waals surface area contributed by atoms with Gasteiger partial charge in [-0.25, -0.2) is 9.48 Å². The van der Waals surface area contributed by atoms with E-state index in [4.69, 9.17) is 4.74 Å². The maximum Gasteiger partial charge on any atom is 0.509 e. The minimum Gasteiger partial charge on any atom is -0.438 e. The molecule has 0 bridgehead atoms. The zero-order valence-electron chi connectivity index (χ0n) is 14.3. The second-order valence-corrected chi connectivity index (χ2v) is 5.37. The van der Waals surface area contributed by atoms with E-state index in [0.717, 1.165) is 11.1 Å². The molecule has 1 aromatic carbocycles. The van der Waals surface area contributed by atoms with Crippen molar-refractivity contribution in [2.24, 2.45) is 12.0 Å². The van der Waals surface area contributed by atoms with Gasteiger partial charge in [0.1, 0.15) is 6.33 Å². The van der Waals surface area contributed by atoms with Crippen LogP contribution in [0.2, 0.25) is 0 Å². The monoisotopic (exact) mass is 332 g/mol. The lowest BCUT2D eigenvalue weighted by Gasteiger charge is -2.12. The summed E-state index contributed by atoms with van der Waals surface area (Å²) in [6, 6.07) is 5.52. The first-order valence-electron chi connectivity index (χ1n) is 7.34. The lowest BCUT2D eigenvalue weighted by Crippen LogP contribution is -2.30. The van der Waals surface area contributed by atoms with Gasteiger partial charge in [-0.1, -0.05) is 17.7 Å². The smallest absolute Gasteiger partial charge is 0.438 e. The van der Waals surface area contributed by atoms with Gasteiger partial charge in [0.25, 0.3) is 5.91 Å². The van der Waals surface area contributed by atoms with Gasteiger partial charge in [-0.05, 0) is 32.4 Å². The van der Waals surface area contributed by atoms with E-state index in [1.807, 2.05) is 26.0 Å². The SMILES string of the molecule is COC(=O)OC(C)n1cnn(C)c1=NC(=O)c1ccc(C)cc1C. The molecule has 0 radical (unpaired) electrons. The van der Waals surface area contributed by atoms with Gasteiger partial charge in [0.2, 0.25) is 5.62 Å². The molecule has 0 N–H and O–H groups in total. The molecule has 0 fully saturated rings. The molecule has 0 aliphatic heterocycles. The molecule has 1 unspecified atom stereocenters. The van der Waals surface area contributed by atoms with E-state index in [0.29, 0.717) is 5.56 Å². The molecule has 24 heavy (non-hydrogen) atoms. The molecule has 0 spiro atoms. The van der Waals surface area contributed by atoms with Gasteiger partial charge in [-0.2, -0.15) is 10.1 Å². The predicted octanol–water partition coefficient (Wildman–Crippen LogP) is 1.88. The molecule has 128 valence electrons. The third kappa shape index (κ3) is 3.70. The molecule has 1 amide bonds. The average molecular weight is 332 g/mol. The number of benzene rings is 1. The van der Waals surface area contributed by atoms with Crippen LogP contribution in [0.25, 0.3) is 0 Å². The first-order chi connectivity index (χ1) is 11.3. The van der Waals surface area contributed by atoms with Crippen LogP contribution < -0.4 is 5.62 Å². The van der Waals surface area contributed by atoms with Gasteiger partial charge < -0.3 is 9.47 Å². The highest BCUT2D eigenvalue weighted by molar-refractivity contribution is 5.96. The lowest BCUT2D eigenvalue weighted by molar-refractivity contribution is 0.0134. The number of amides is 1. The first-order valence-corrected chi connectivity index (χ1v) is 7.34. The Hall–Kier alpha value is -2.90. The van der Waals surface area contributed by atoms with Crippen LogP contribution in [0.4, 0.5) is 4.79 Å². The Bertz CT molecular complexity index is 835. The van der Waals surface area contributed by atoms with Gasteiger partial charge in [-0.3, -0.25) is 9.36 Å². The molecular formula is C16H20N4O4. The fourth-order valence-corrected chi connectivity index (χ4v) is 2.24. The minimum absolute atomic E-state index is 0.261. The molecule has 2 aromatic rings. The van der Waals surface area contributed by atoms with E-state index in [1.165, 1.54) is 22.7 Å². The van der Waals surface area contributed by atoms with Crippen molar-refractivity contribution in [3.05, 3.63) is 46.8 Å². The normalized spacial score (nSPS) is 12.8. The average Bonchev–Trinajstić information content (AvgIpc) is 2.88. The Morgan fingerprint density at radius 1 is 1.29 bits per heavy atom. The van der Waals surface area contributed by atoms with Gasteiger partial charge in [0.15, 0.2) is 6.23 Å². The summed E-state index contributed by atoms with van der Waals surface area (Å²) in [4.78, 5) is 27.9. The van der Waals surface area contributed by atoms with Crippen molar-refractivity contribution < 1.29 is 19.1 Å². The summed E-state index contributed by atoms with van der Waals surface area (Å²) in [5.41, 5.74) is 2.68. The van der Waals surface area contributed by atoms with Crippen molar-refractivity contribution in [1.29, 1.82) is 0 Å². The summed E-state index contributed by atoms with van der Waals surface area (Å²) < 4.78 is 12.4. The van der Waals surface area contributed by atoms with Crippen molar-refractivity contribution in [2.45, 2.75) is 27.0 Å². The number of ether oxygens (including phenoxy) is 2. The van der Waals surface area contributed by atoms with Gasteiger partial charge in [0, 0.05) is 12.6 Å². The van der Waals surface area contributed by atoms with Crippen molar-refractivity contribution in [3.63, 3.8) is 0 Å². The first kappa shape index (κ1) is 17.5. The van der Waals surface area contributed by atoms with Crippen LogP contribution in [0.5, 0.6) is 0 Å². The molecule has 1 aromatic heterocycles. The zero-order chi connectivity index (χ0) is 17.9. The van der Waals surface area contributed by atoms with Gasteiger partial charge >= 0.3 is 6.16 Å². The zero-order valence-corrected chi connectivity index (χ0v) is 14.3. The summed E-state index contributed by atoms with van der Waals surface area (Å²) in [6.45, 7) is 5.44. The highest BCUT2D eigenvalue weighted by atomic mass is 16.7. The molecular weight excluding hydrogens is 312 g/mol. The molecule has 0 saturated heterocycles. The number of rotatable bonds is 3. The minimum atomic E-state index is -0.828. The lowest BCUT2D eigenvalue weighted by atomic mass is 10.1. The highest BCUT2D eigenvalue weighted by Gasteiger charge is 2.15. The maximum absolute atomic E-state index is 12.5. The fourth-order valence-electron chi connectivity index (χ4n) is 2.24. The van der Waals surface area contributed by atoms with Crippen molar-refractivity contribution >= 4 is 12.1 Å². The summed E-state index contributed by atoms with van der Waals surface area (Å²) >= 11 is 0. The molecule has 1 heterocycles. The van der Waals surface area contributed by atoms with Crippen LogP contribution in [0.1, 0.15) is 34.6 Å². The van der Waals surface area contributed by atoms with Crippen LogP contribution in [-0.2, 0) is 16.5 Å². The summed E-state index contributed by atoms with van der Waals surface area (Å²) in [7, 11) is 2.87. The van der Waals surface area contributed by atoms with Gasteiger partial charge in [-0.15, -0.1) is 0 Å².